The summed E-state index contributed by atoms with van der Waals surface area (Å²) in [6.45, 7) is 2.05. The van der Waals surface area contributed by atoms with Crippen LogP contribution in [0.5, 0.6) is 0 Å². The maximum absolute atomic E-state index is 11.9. The average molecular weight is 314 g/mol. The van der Waals surface area contributed by atoms with E-state index in [2.05, 4.69) is 30.4 Å². The van der Waals surface area contributed by atoms with Gasteiger partial charge < -0.3 is 11.1 Å². The topological polar surface area (TPSA) is 72.2 Å². The fourth-order valence-corrected chi connectivity index (χ4v) is 2.75. The minimum atomic E-state index is -0.480. The largest absolute Gasteiger partial charge is 0.366 e. The Morgan fingerprint density at radius 3 is 2.50 bits per heavy atom. The van der Waals surface area contributed by atoms with Gasteiger partial charge in [-0.15, -0.1) is 11.8 Å². The lowest BCUT2D eigenvalue weighted by molar-refractivity contribution is -0.113. The Morgan fingerprint density at radius 2 is 1.86 bits per heavy atom. The monoisotopic (exact) mass is 314 g/mol. The molecule has 3 N–H and O–H groups in total. The highest BCUT2D eigenvalue weighted by Crippen LogP contribution is 2.15. The molecule has 0 atom stereocenters. The molecule has 0 aliphatic heterocycles. The number of thioether (sulfide) groups is 1. The molecule has 22 heavy (non-hydrogen) atoms. The van der Waals surface area contributed by atoms with Crippen LogP contribution in [0, 0.1) is 6.92 Å². The minimum absolute atomic E-state index is 0.0653. The maximum Gasteiger partial charge on any atom is 0.248 e. The van der Waals surface area contributed by atoms with Gasteiger partial charge in [-0.1, -0.05) is 29.8 Å². The van der Waals surface area contributed by atoms with E-state index in [0.29, 0.717) is 17.0 Å². The Kier molecular flexibility index (Phi) is 5.61. The fourth-order valence-electron chi connectivity index (χ4n) is 1.98. The van der Waals surface area contributed by atoms with Crippen molar-refractivity contribution in [2.45, 2.75) is 12.7 Å². The van der Waals surface area contributed by atoms with Gasteiger partial charge in [0.1, 0.15) is 0 Å². The van der Waals surface area contributed by atoms with Gasteiger partial charge in [-0.2, -0.15) is 0 Å². The third kappa shape index (κ3) is 4.93. The van der Waals surface area contributed by atoms with Crippen molar-refractivity contribution in [3.8, 4) is 0 Å². The Morgan fingerprint density at radius 1 is 1.14 bits per heavy atom. The molecule has 0 saturated heterocycles. The van der Waals surface area contributed by atoms with Crippen LogP contribution in [0.4, 0.5) is 5.69 Å². The highest BCUT2D eigenvalue weighted by Gasteiger charge is 2.04. The van der Waals surface area contributed by atoms with E-state index in [0.717, 1.165) is 5.75 Å². The highest BCUT2D eigenvalue weighted by atomic mass is 32.2. The molecule has 0 saturated carbocycles. The van der Waals surface area contributed by atoms with Crippen LogP contribution in [0.25, 0.3) is 0 Å². The Labute approximate surface area is 134 Å². The van der Waals surface area contributed by atoms with Crippen LogP contribution in [0.2, 0.25) is 0 Å². The smallest absolute Gasteiger partial charge is 0.248 e. The molecule has 0 radical (unpaired) electrons. The van der Waals surface area contributed by atoms with Gasteiger partial charge in [-0.3, -0.25) is 9.59 Å². The van der Waals surface area contributed by atoms with Gasteiger partial charge in [0.2, 0.25) is 11.8 Å². The number of hydrogen-bond acceptors (Lipinski definition) is 3. The van der Waals surface area contributed by atoms with E-state index in [1.807, 2.05) is 6.07 Å². The van der Waals surface area contributed by atoms with Crippen molar-refractivity contribution < 1.29 is 9.59 Å². The summed E-state index contributed by atoms with van der Waals surface area (Å²) in [5.74, 6) is 0.636. The molecule has 2 aromatic rings. The minimum Gasteiger partial charge on any atom is -0.366 e. The Hall–Kier alpha value is -2.27. The van der Waals surface area contributed by atoms with Crippen LogP contribution >= 0.6 is 11.8 Å². The molecule has 0 aliphatic carbocycles. The van der Waals surface area contributed by atoms with Gasteiger partial charge in [0.25, 0.3) is 0 Å². The van der Waals surface area contributed by atoms with Gasteiger partial charge in [0.15, 0.2) is 0 Å². The summed E-state index contributed by atoms with van der Waals surface area (Å²) in [6.07, 6.45) is 0. The summed E-state index contributed by atoms with van der Waals surface area (Å²) in [6, 6.07) is 14.8. The zero-order valence-corrected chi connectivity index (χ0v) is 13.2. The van der Waals surface area contributed by atoms with Crippen LogP contribution in [0.3, 0.4) is 0 Å². The molecule has 0 heterocycles. The predicted molar refractivity (Wildman–Crippen MR) is 90.9 cm³/mol. The third-order valence-corrected chi connectivity index (χ3v) is 4.04. The Balaban J connectivity index is 1.79. The lowest BCUT2D eigenvalue weighted by Gasteiger charge is -2.06. The standard InChI is InChI=1S/C17H18N2O2S/c1-12-3-2-4-13(9-12)10-22-11-16(20)19-15-7-5-14(6-8-15)17(18)21/h2-9H,10-11H2,1H3,(H2,18,21)(H,19,20). The summed E-state index contributed by atoms with van der Waals surface area (Å²) in [4.78, 5) is 22.8. The molecule has 2 amide bonds. The third-order valence-electron chi connectivity index (χ3n) is 3.04. The molecule has 0 aliphatic rings. The summed E-state index contributed by atoms with van der Waals surface area (Å²) < 4.78 is 0. The van der Waals surface area contributed by atoms with Crippen molar-refractivity contribution in [2.75, 3.05) is 11.1 Å². The highest BCUT2D eigenvalue weighted by molar-refractivity contribution is 7.99. The first kappa shape index (κ1) is 16.1. The molecular weight excluding hydrogens is 296 g/mol. The number of carbonyl (C=O) groups is 2. The van der Waals surface area contributed by atoms with Crippen molar-refractivity contribution >= 4 is 29.3 Å². The SMILES string of the molecule is Cc1cccc(CSCC(=O)Nc2ccc(C(N)=O)cc2)c1. The first-order valence-electron chi connectivity index (χ1n) is 6.87. The van der Waals surface area contributed by atoms with E-state index < -0.39 is 5.91 Å². The number of rotatable bonds is 6. The summed E-state index contributed by atoms with van der Waals surface area (Å²) in [5.41, 5.74) is 8.68. The van der Waals surface area contributed by atoms with Crippen LogP contribution < -0.4 is 11.1 Å². The number of nitrogens with two attached hydrogens (primary N) is 1. The second kappa shape index (κ2) is 7.66. The number of anilines is 1. The van der Waals surface area contributed by atoms with Crippen LogP contribution in [-0.4, -0.2) is 17.6 Å². The molecule has 114 valence electrons. The van der Waals surface area contributed by atoms with Crippen molar-refractivity contribution in [3.05, 3.63) is 65.2 Å². The van der Waals surface area contributed by atoms with Gasteiger partial charge in [0.05, 0.1) is 5.75 Å². The van der Waals surface area contributed by atoms with E-state index in [1.54, 1.807) is 36.0 Å². The average Bonchev–Trinajstić information content (AvgIpc) is 2.48. The zero-order valence-electron chi connectivity index (χ0n) is 12.3. The quantitative estimate of drug-likeness (QED) is 0.861. The van der Waals surface area contributed by atoms with E-state index in [9.17, 15) is 9.59 Å². The molecule has 2 aromatic carbocycles. The van der Waals surface area contributed by atoms with Crippen molar-refractivity contribution in [1.82, 2.24) is 0 Å². The zero-order chi connectivity index (χ0) is 15.9. The molecule has 0 fully saturated rings. The van der Waals surface area contributed by atoms with Gasteiger partial charge in [-0.25, -0.2) is 0 Å². The lowest BCUT2D eigenvalue weighted by atomic mass is 10.2. The maximum atomic E-state index is 11.9. The first-order chi connectivity index (χ1) is 10.5. The molecule has 4 nitrogen and oxygen atoms in total. The molecule has 2 rings (SSSR count). The van der Waals surface area contributed by atoms with E-state index in [-0.39, 0.29) is 5.91 Å². The van der Waals surface area contributed by atoms with Gasteiger partial charge in [0, 0.05) is 17.0 Å². The number of carbonyl (C=O) groups excluding carboxylic acids is 2. The van der Waals surface area contributed by atoms with Crippen LogP contribution in [0.1, 0.15) is 21.5 Å². The van der Waals surface area contributed by atoms with Crippen molar-refractivity contribution in [3.63, 3.8) is 0 Å². The van der Waals surface area contributed by atoms with Gasteiger partial charge >= 0.3 is 0 Å². The summed E-state index contributed by atoms with van der Waals surface area (Å²) >= 11 is 1.56. The fraction of sp³-hybridized carbons (Fsp3) is 0.176. The van der Waals surface area contributed by atoms with Crippen molar-refractivity contribution in [1.29, 1.82) is 0 Å². The second-order valence-electron chi connectivity index (χ2n) is 4.97. The molecule has 0 unspecified atom stereocenters. The molecule has 0 aromatic heterocycles. The number of benzene rings is 2. The molecular formula is C17H18N2O2S. The second-order valence-corrected chi connectivity index (χ2v) is 5.96. The van der Waals surface area contributed by atoms with Crippen LogP contribution in [0.15, 0.2) is 48.5 Å². The number of amides is 2. The number of nitrogens with one attached hydrogen (secondary N) is 1. The summed E-state index contributed by atoms with van der Waals surface area (Å²) in [5, 5.41) is 2.79. The molecule has 0 spiro atoms. The predicted octanol–water partition coefficient (Wildman–Crippen LogP) is 2.97. The normalized spacial score (nSPS) is 10.2. The lowest BCUT2D eigenvalue weighted by Crippen LogP contribution is -2.15. The van der Waals surface area contributed by atoms with E-state index in [1.165, 1.54) is 11.1 Å². The summed E-state index contributed by atoms with van der Waals surface area (Å²) in [7, 11) is 0. The first-order valence-corrected chi connectivity index (χ1v) is 8.03. The Bertz CT molecular complexity index is 669. The molecule has 0 bridgehead atoms. The number of hydrogen-bond donors (Lipinski definition) is 2. The molecule has 5 heteroatoms. The van der Waals surface area contributed by atoms with E-state index in [4.69, 9.17) is 5.73 Å². The van der Waals surface area contributed by atoms with Crippen LogP contribution in [-0.2, 0) is 10.5 Å². The van der Waals surface area contributed by atoms with Gasteiger partial charge in [-0.05, 0) is 36.8 Å². The number of aryl methyl sites for hydroxylation is 1. The number of primary amides is 1. The van der Waals surface area contributed by atoms with Crippen molar-refractivity contribution in [2.24, 2.45) is 5.73 Å². The van der Waals surface area contributed by atoms with E-state index >= 15 is 0 Å².